The van der Waals surface area contributed by atoms with Gasteiger partial charge in [-0.2, -0.15) is 0 Å². The molecule has 1 amide bonds. The van der Waals surface area contributed by atoms with Gasteiger partial charge in [0.15, 0.2) is 0 Å². The van der Waals surface area contributed by atoms with E-state index >= 15 is 0 Å². The molecule has 0 aliphatic carbocycles. The van der Waals surface area contributed by atoms with Gasteiger partial charge < -0.3 is 10.4 Å². The van der Waals surface area contributed by atoms with Gasteiger partial charge in [-0.3, -0.25) is 9.59 Å². The topological polar surface area (TPSA) is 66.4 Å². The number of rotatable bonds is 8. The molecule has 0 atom stereocenters. The first-order chi connectivity index (χ1) is 11.1. The molecule has 2 aromatic rings. The first-order valence-corrected chi connectivity index (χ1v) is 9.50. The van der Waals surface area contributed by atoms with Crippen LogP contribution < -0.4 is 5.32 Å². The maximum absolute atomic E-state index is 14.3. The van der Waals surface area contributed by atoms with Crippen LogP contribution in [0.15, 0.2) is 36.4 Å². The molecule has 0 aliphatic rings. The maximum atomic E-state index is 14.3. The quantitative estimate of drug-likeness (QED) is 0.561. The molecule has 23 heavy (non-hydrogen) atoms. The van der Waals surface area contributed by atoms with Gasteiger partial charge in [-0.05, 0) is 11.5 Å². The van der Waals surface area contributed by atoms with E-state index in [0.29, 0.717) is 23.4 Å². The number of carbonyl (C=O) groups excluding carboxylic acids is 1. The maximum Gasteiger partial charge on any atom is 0.304 e. The van der Waals surface area contributed by atoms with Crippen LogP contribution in [0.25, 0.3) is 10.8 Å². The molecule has 0 bridgehead atoms. The van der Waals surface area contributed by atoms with Crippen LogP contribution in [0.2, 0.25) is 0 Å². The van der Waals surface area contributed by atoms with Crippen LogP contribution in [0.5, 0.6) is 0 Å². The molecule has 2 aromatic carbocycles. The van der Waals surface area contributed by atoms with Gasteiger partial charge in [-0.15, -0.1) is 0 Å². The Morgan fingerprint density at radius 2 is 1.83 bits per heavy atom. The third-order valence-electron chi connectivity index (χ3n) is 3.06. The van der Waals surface area contributed by atoms with Gasteiger partial charge in [0.05, 0.1) is 12.0 Å². The van der Waals surface area contributed by atoms with Crippen LogP contribution >= 0.6 is 21.6 Å². The second kappa shape index (κ2) is 8.79. The highest BCUT2D eigenvalue weighted by Gasteiger charge is 2.13. The van der Waals surface area contributed by atoms with Crippen molar-refractivity contribution in [1.82, 2.24) is 5.32 Å². The van der Waals surface area contributed by atoms with Gasteiger partial charge >= 0.3 is 5.97 Å². The molecule has 0 spiro atoms. The van der Waals surface area contributed by atoms with Crippen LogP contribution in [0.4, 0.5) is 4.39 Å². The van der Waals surface area contributed by atoms with E-state index in [0.717, 1.165) is 5.39 Å². The number of carbonyl (C=O) groups is 2. The number of carboxylic acids is 1. The molecule has 0 saturated heterocycles. The third-order valence-corrected chi connectivity index (χ3v) is 5.47. The Kier molecular flexibility index (Phi) is 6.73. The summed E-state index contributed by atoms with van der Waals surface area (Å²) >= 11 is 0. The fourth-order valence-corrected chi connectivity index (χ4v) is 3.84. The molecule has 2 N–H and O–H groups in total. The van der Waals surface area contributed by atoms with E-state index < -0.39 is 17.7 Å². The van der Waals surface area contributed by atoms with Gasteiger partial charge in [0.1, 0.15) is 5.82 Å². The number of aliphatic carboxylic acids is 1. The molecule has 0 saturated carbocycles. The number of hydrogen-bond donors (Lipinski definition) is 2. The molecule has 0 radical (unpaired) electrons. The summed E-state index contributed by atoms with van der Waals surface area (Å²) in [4.78, 5) is 22.4. The van der Waals surface area contributed by atoms with Crippen LogP contribution in [0, 0.1) is 5.82 Å². The summed E-state index contributed by atoms with van der Waals surface area (Å²) in [5, 5.41) is 12.4. The molecule has 0 heterocycles. The van der Waals surface area contributed by atoms with Crippen molar-refractivity contribution in [3.63, 3.8) is 0 Å². The van der Waals surface area contributed by atoms with Crippen molar-refractivity contribution in [2.75, 3.05) is 18.1 Å². The highest BCUT2D eigenvalue weighted by Crippen LogP contribution is 2.22. The lowest BCUT2D eigenvalue weighted by Crippen LogP contribution is -2.26. The summed E-state index contributed by atoms with van der Waals surface area (Å²) in [5.74, 6) is -0.620. The van der Waals surface area contributed by atoms with E-state index in [9.17, 15) is 14.0 Å². The van der Waals surface area contributed by atoms with E-state index in [-0.39, 0.29) is 12.0 Å². The first-order valence-electron chi connectivity index (χ1n) is 7.01. The number of halogens is 1. The molecular formula is C16H16FNO3S2. The molecule has 4 nitrogen and oxygen atoms in total. The first kappa shape index (κ1) is 17.6. The smallest absolute Gasteiger partial charge is 0.304 e. The zero-order valence-corrected chi connectivity index (χ0v) is 13.9. The Hall–Kier alpha value is -1.73. The molecule has 2 rings (SSSR count). The standard InChI is InChI=1S/C16H16FNO3S2/c17-15-12-4-2-1-3-11(12)5-6-13(15)16(21)18-8-10-23-22-9-7-14(19)20/h1-6H,7-10H2,(H,18,21)(H,19,20). The Balaban J connectivity index is 1.82. The van der Waals surface area contributed by atoms with Crippen molar-refractivity contribution in [3.8, 4) is 0 Å². The zero-order valence-electron chi connectivity index (χ0n) is 12.3. The number of nitrogens with one attached hydrogen (secondary N) is 1. The van der Waals surface area contributed by atoms with Crippen molar-refractivity contribution < 1.29 is 19.1 Å². The number of fused-ring (bicyclic) bond motifs is 1. The third kappa shape index (κ3) is 5.14. The monoisotopic (exact) mass is 353 g/mol. The minimum absolute atomic E-state index is 0.0345. The fraction of sp³-hybridized carbons (Fsp3) is 0.250. The summed E-state index contributed by atoms with van der Waals surface area (Å²) in [7, 11) is 2.93. The fourth-order valence-electron chi connectivity index (χ4n) is 1.96. The van der Waals surface area contributed by atoms with Crippen LogP contribution in [0.1, 0.15) is 16.8 Å². The molecule has 122 valence electrons. The lowest BCUT2D eigenvalue weighted by Gasteiger charge is -2.08. The van der Waals surface area contributed by atoms with Gasteiger partial charge in [0.2, 0.25) is 0 Å². The Morgan fingerprint density at radius 3 is 2.61 bits per heavy atom. The second-order valence-corrected chi connectivity index (χ2v) is 7.39. The zero-order chi connectivity index (χ0) is 16.7. The van der Waals surface area contributed by atoms with Gasteiger partial charge in [0, 0.05) is 23.4 Å². The van der Waals surface area contributed by atoms with Gasteiger partial charge in [-0.25, -0.2) is 4.39 Å². The van der Waals surface area contributed by atoms with E-state index in [4.69, 9.17) is 5.11 Å². The van der Waals surface area contributed by atoms with Crippen LogP contribution in [0.3, 0.4) is 0 Å². The van der Waals surface area contributed by atoms with E-state index in [1.807, 2.05) is 6.07 Å². The average molecular weight is 353 g/mol. The van der Waals surface area contributed by atoms with E-state index in [1.165, 1.54) is 27.7 Å². The number of amides is 1. The van der Waals surface area contributed by atoms with Crippen molar-refractivity contribution in [1.29, 1.82) is 0 Å². The molecular weight excluding hydrogens is 337 g/mol. The highest BCUT2D eigenvalue weighted by atomic mass is 33.1. The van der Waals surface area contributed by atoms with Crippen LogP contribution in [-0.4, -0.2) is 35.0 Å². The Morgan fingerprint density at radius 1 is 1.09 bits per heavy atom. The van der Waals surface area contributed by atoms with Crippen molar-refractivity contribution in [2.45, 2.75) is 6.42 Å². The summed E-state index contributed by atoms with van der Waals surface area (Å²) in [5.41, 5.74) is 0.0345. The number of hydrogen-bond acceptors (Lipinski definition) is 4. The predicted molar refractivity (Wildman–Crippen MR) is 93.4 cm³/mol. The second-order valence-electron chi connectivity index (χ2n) is 4.69. The predicted octanol–water partition coefficient (Wildman–Crippen LogP) is 3.56. The summed E-state index contributed by atoms with van der Waals surface area (Å²) in [6.45, 7) is 0.399. The summed E-state index contributed by atoms with van der Waals surface area (Å²) in [6.07, 6.45) is 0.117. The lowest BCUT2D eigenvalue weighted by atomic mass is 10.1. The molecule has 0 aromatic heterocycles. The van der Waals surface area contributed by atoms with Crippen molar-refractivity contribution >= 4 is 44.2 Å². The van der Waals surface area contributed by atoms with E-state index in [2.05, 4.69) is 5.32 Å². The summed E-state index contributed by atoms with van der Waals surface area (Å²) in [6, 6.07) is 10.2. The lowest BCUT2D eigenvalue weighted by molar-refractivity contribution is -0.136. The SMILES string of the molecule is O=C(O)CCSSCCNC(=O)c1ccc2ccccc2c1F. The summed E-state index contributed by atoms with van der Waals surface area (Å²) < 4.78 is 14.3. The minimum Gasteiger partial charge on any atom is -0.481 e. The Bertz CT molecular complexity index is 709. The number of carboxylic acid groups (broad SMARTS) is 1. The largest absolute Gasteiger partial charge is 0.481 e. The van der Waals surface area contributed by atoms with Gasteiger partial charge in [-0.1, -0.05) is 51.9 Å². The molecule has 0 aliphatic heterocycles. The average Bonchev–Trinajstić information content (AvgIpc) is 2.54. The molecule has 0 fully saturated rings. The van der Waals surface area contributed by atoms with Gasteiger partial charge in [0.25, 0.3) is 5.91 Å². The normalized spacial score (nSPS) is 10.7. The molecule has 0 unspecified atom stereocenters. The van der Waals surface area contributed by atoms with Crippen molar-refractivity contribution in [2.24, 2.45) is 0 Å². The molecule has 7 heteroatoms. The van der Waals surface area contributed by atoms with Crippen LogP contribution in [-0.2, 0) is 4.79 Å². The minimum atomic E-state index is -0.821. The Labute approximate surface area is 141 Å². The highest BCUT2D eigenvalue weighted by molar-refractivity contribution is 8.76. The van der Waals surface area contributed by atoms with Crippen molar-refractivity contribution in [3.05, 3.63) is 47.8 Å². The number of benzene rings is 2. The van der Waals surface area contributed by atoms with E-state index in [1.54, 1.807) is 24.3 Å².